The van der Waals surface area contributed by atoms with Gasteiger partial charge in [0.1, 0.15) is 0 Å². The number of nitrogens with zero attached hydrogens (tertiary/aromatic N) is 2. The zero-order valence-corrected chi connectivity index (χ0v) is 17.0. The summed E-state index contributed by atoms with van der Waals surface area (Å²) in [5.74, 6) is 0. The van der Waals surface area contributed by atoms with E-state index in [0.29, 0.717) is 11.4 Å². The number of hydrogen-bond acceptors (Lipinski definition) is 3. The van der Waals surface area contributed by atoms with Crippen molar-refractivity contribution in [3.8, 4) is 0 Å². The van der Waals surface area contributed by atoms with E-state index in [-0.39, 0.29) is 6.54 Å². The van der Waals surface area contributed by atoms with Gasteiger partial charge in [-0.3, -0.25) is 4.68 Å². The lowest BCUT2D eigenvalue weighted by Crippen LogP contribution is -2.23. The second-order valence-electron chi connectivity index (χ2n) is 6.98. The molecule has 0 aliphatic heterocycles. The number of aryl methyl sites for hydroxylation is 4. The van der Waals surface area contributed by atoms with E-state index >= 15 is 0 Å². The summed E-state index contributed by atoms with van der Waals surface area (Å²) in [6, 6.07) is 15.1. The average molecular weight is 384 g/mol. The molecule has 27 heavy (non-hydrogen) atoms. The molecule has 0 amide bonds. The van der Waals surface area contributed by atoms with E-state index < -0.39 is 10.0 Å². The van der Waals surface area contributed by atoms with Crippen LogP contribution >= 0.6 is 0 Å². The van der Waals surface area contributed by atoms with Crippen LogP contribution in [0.25, 0.3) is 0 Å². The maximum Gasteiger partial charge on any atom is 0.240 e. The highest BCUT2D eigenvalue weighted by molar-refractivity contribution is 7.89. The van der Waals surface area contributed by atoms with E-state index in [1.807, 2.05) is 68.8 Å². The highest BCUT2D eigenvalue weighted by Crippen LogP contribution is 2.16. The molecule has 0 aliphatic rings. The molecule has 0 bridgehead atoms. The summed E-state index contributed by atoms with van der Waals surface area (Å²) in [5.41, 5.74) is 6.14. The predicted molar refractivity (Wildman–Crippen MR) is 107 cm³/mol. The molecule has 3 aromatic rings. The van der Waals surface area contributed by atoms with Crippen LogP contribution in [0, 0.1) is 27.7 Å². The summed E-state index contributed by atoms with van der Waals surface area (Å²) in [4.78, 5) is 0.296. The van der Waals surface area contributed by atoms with Crippen molar-refractivity contribution in [1.82, 2.24) is 14.5 Å². The lowest BCUT2D eigenvalue weighted by molar-refractivity contribution is 0.581. The van der Waals surface area contributed by atoms with Gasteiger partial charge in [0.25, 0.3) is 0 Å². The fraction of sp³-hybridized carbons (Fsp3) is 0.286. The van der Waals surface area contributed by atoms with Crippen molar-refractivity contribution >= 4 is 10.0 Å². The highest BCUT2D eigenvalue weighted by Gasteiger charge is 2.14. The van der Waals surface area contributed by atoms with Crippen LogP contribution in [0.15, 0.2) is 53.4 Å². The van der Waals surface area contributed by atoms with Crippen LogP contribution in [0.1, 0.15) is 33.6 Å². The molecule has 1 N–H and O–H groups in total. The molecule has 0 unspecified atom stereocenters. The van der Waals surface area contributed by atoms with E-state index in [4.69, 9.17) is 0 Å². The molecule has 3 rings (SSSR count). The molecular weight excluding hydrogens is 358 g/mol. The smallest absolute Gasteiger partial charge is 0.240 e. The minimum absolute atomic E-state index is 0.250. The SMILES string of the molecule is Cc1cc(C)n(Cc2cccc(CNS(=O)(=O)c3ccc(C)c(C)c3)c2)n1. The summed E-state index contributed by atoms with van der Waals surface area (Å²) in [6.45, 7) is 8.80. The summed E-state index contributed by atoms with van der Waals surface area (Å²) >= 11 is 0. The molecule has 0 fully saturated rings. The molecule has 0 atom stereocenters. The summed E-state index contributed by atoms with van der Waals surface area (Å²) in [5, 5.41) is 4.48. The van der Waals surface area contributed by atoms with Crippen LogP contribution < -0.4 is 4.72 Å². The Hall–Kier alpha value is -2.44. The minimum Gasteiger partial charge on any atom is -0.265 e. The van der Waals surface area contributed by atoms with Gasteiger partial charge in [0.05, 0.1) is 17.1 Å². The van der Waals surface area contributed by atoms with Gasteiger partial charge >= 0.3 is 0 Å². The molecule has 0 saturated heterocycles. The first kappa shape index (κ1) is 19.3. The quantitative estimate of drug-likeness (QED) is 0.707. The van der Waals surface area contributed by atoms with Crippen molar-refractivity contribution in [2.45, 2.75) is 45.7 Å². The summed E-state index contributed by atoms with van der Waals surface area (Å²) < 4.78 is 29.8. The van der Waals surface area contributed by atoms with Crippen LogP contribution in [-0.2, 0) is 23.1 Å². The lowest BCUT2D eigenvalue weighted by atomic mass is 10.1. The van der Waals surface area contributed by atoms with Crippen LogP contribution in [-0.4, -0.2) is 18.2 Å². The van der Waals surface area contributed by atoms with Crippen LogP contribution in [0.4, 0.5) is 0 Å². The third-order valence-corrected chi connectivity index (χ3v) is 6.08. The van der Waals surface area contributed by atoms with E-state index in [2.05, 4.69) is 9.82 Å². The standard InChI is InChI=1S/C21H25N3O2S/c1-15-8-9-21(10-16(15)2)27(25,26)22-13-19-6-5-7-20(12-19)14-24-18(4)11-17(3)23-24/h5-12,22H,13-14H2,1-4H3. The zero-order chi connectivity index (χ0) is 19.6. The monoisotopic (exact) mass is 383 g/mol. The van der Waals surface area contributed by atoms with Crippen LogP contribution in [0.2, 0.25) is 0 Å². The Labute approximate surface area is 161 Å². The largest absolute Gasteiger partial charge is 0.265 e. The third-order valence-electron chi connectivity index (χ3n) is 4.68. The molecule has 1 heterocycles. The Morgan fingerprint density at radius 2 is 1.67 bits per heavy atom. The Morgan fingerprint density at radius 3 is 2.33 bits per heavy atom. The fourth-order valence-electron chi connectivity index (χ4n) is 2.99. The fourth-order valence-corrected chi connectivity index (χ4v) is 4.09. The maximum atomic E-state index is 12.6. The van der Waals surface area contributed by atoms with Crippen molar-refractivity contribution in [1.29, 1.82) is 0 Å². The number of sulfonamides is 1. The van der Waals surface area contributed by atoms with Gasteiger partial charge in [0.15, 0.2) is 0 Å². The van der Waals surface area contributed by atoms with Crippen molar-refractivity contribution in [2.24, 2.45) is 0 Å². The van der Waals surface area contributed by atoms with Gasteiger partial charge < -0.3 is 0 Å². The number of nitrogens with one attached hydrogen (secondary N) is 1. The van der Waals surface area contributed by atoms with E-state index in [1.54, 1.807) is 12.1 Å². The molecule has 6 heteroatoms. The Balaban J connectivity index is 1.72. The molecule has 0 saturated carbocycles. The van der Waals surface area contributed by atoms with Crippen LogP contribution in [0.3, 0.4) is 0 Å². The first-order valence-electron chi connectivity index (χ1n) is 8.90. The Morgan fingerprint density at radius 1 is 0.926 bits per heavy atom. The Kier molecular flexibility index (Phi) is 5.48. The number of aromatic nitrogens is 2. The van der Waals surface area contributed by atoms with E-state index in [9.17, 15) is 8.42 Å². The van der Waals surface area contributed by atoms with E-state index in [1.165, 1.54) is 0 Å². The Bertz CT molecular complexity index is 1070. The van der Waals surface area contributed by atoms with Gasteiger partial charge in [-0.1, -0.05) is 30.3 Å². The normalized spacial score (nSPS) is 11.7. The second kappa shape index (κ2) is 7.66. The topological polar surface area (TPSA) is 64.0 Å². The highest BCUT2D eigenvalue weighted by atomic mass is 32.2. The molecule has 2 aromatic carbocycles. The first-order chi connectivity index (χ1) is 12.7. The van der Waals surface area contributed by atoms with Gasteiger partial charge in [-0.25, -0.2) is 13.1 Å². The number of benzene rings is 2. The summed E-state index contributed by atoms with van der Waals surface area (Å²) in [6.07, 6.45) is 0. The van der Waals surface area contributed by atoms with Gasteiger partial charge in [0.2, 0.25) is 10.0 Å². The number of rotatable bonds is 6. The van der Waals surface area contributed by atoms with Crippen molar-refractivity contribution in [3.05, 3.63) is 82.2 Å². The van der Waals surface area contributed by atoms with Crippen molar-refractivity contribution in [3.63, 3.8) is 0 Å². The molecule has 0 radical (unpaired) electrons. The predicted octanol–water partition coefficient (Wildman–Crippen LogP) is 3.64. The second-order valence-corrected chi connectivity index (χ2v) is 8.74. The lowest BCUT2D eigenvalue weighted by Gasteiger charge is -2.10. The van der Waals surface area contributed by atoms with Crippen molar-refractivity contribution < 1.29 is 8.42 Å². The molecular formula is C21H25N3O2S. The zero-order valence-electron chi connectivity index (χ0n) is 16.2. The maximum absolute atomic E-state index is 12.6. The molecule has 5 nitrogen and oxygen atoms in total. The summed E-state index contributed by atoms with van der Waals surface area (Å²) in [7, 11) is -3.54. The molecule has 142 valence electrons. The molecule has 1 aromatic heterocycles. The third kappa shape index (κ3) is 4.64. The minimum atomic E-state index is -3.54. The average Bonchev–Trinajstić information content (AvgIpc) is 2.93. The van der Waals surface area contributed by atoms with Gasteiger partial charge in [-0.2, -0.15) is 5.10 Å². The van der Waals surface area contributed by atoms with Gasteiger partial charge in [0, 0.05) is 12.2 Å². The van der Waals surface area contributed by atoms with E-state index in [0.717, 1.165) is 33.6 Å². The van der Waals surface area contributed by atoms with Gasteiger partial charge in [-0.05, 0) is 68.1 Å². The van der Waals surface area contributed by atoms with Crippen molar-refractivity contribution in [2.75, 3.05) is 0 Å². The molecule has 0 aliphatic carbocycles. The molecule has 0 spiro atoms. The van der Waals surface area contributed by atoms with Gasteiger partial charge in [-0.15, -0.1) is 0 Å². The first-order valence-corrected chi connectivity index (χ1v) is 10.4. The van der Waals surface area contributed by atoms with Crippen LogP contribution in [0.5, 0.6) is 0 Å². The number of hydrogen-bond donors (Lipinski definition) is 1.